The predicted octanol–water partition coefficient (Wildman–Crippen LogP) is -0.0997. The van der Waals surface area contributed by atoms with Crippen molar-refractivity contribution in [3.63, 3.8) is 0 Å². The number of hydrogen-bond acceptors (Lipinski definition) is 8. The number of sulfone groups is 1. The van der Waals surface area contributed by atoms with Gasteiger partial charge in [0.1, 0.15) is 5.69 Å². The van der Waals surface area contributed by atoms with Gasteiger partial charge >= 0.3 is 5.69 Å². The van der Waals surface area contributed by atoms with Gasteiger partial charge in [-0.25, -0.2) is 13.4 Å². The topological polar surface area (TPSA) is 132 Å². The van der Waals surface area contributed by atoms with Crippen LogP contribution in [0.4, 0.5) is 17.5 Å². The summed E-state index contributed by atoms with van der Waals surface area (Å²) >= 11 is 0. The second kappa shape index (κ2) is 5.19. The first kappa shape index (κ1) is 14.4. The van der Waals surface area contributed by atoms with Gasteiger partial charge in [-0.05, 0) is 13.3 Å². The Kier molecular flexibility index (Phi) is 3.75. The van der Waals surface area contributed by atoms with Crippen LogP contribution >= 0.6 is 0 Å². The molecule has 0 amide bonds. The van der Waals surface area contributed by atoms with Crippen LogP contribution in [-0.4, -0.2) is 47.9 Å². The Hall–Kier alpha value is -1.97. The largest absolute Gasteiger partial charge is 0.368 e. The van der Waals surface area contributed by atoms with Gasteiger partial charge in [0.2, 0.25) is 11.8 Å². The molecule has 1 saturated heterocycles. The highest BCUT2D eigenvalue weighted by atomic mass is 32.2. The van der Waals surface area contributed by atoms with Crippen molar-refractivity contribution in [3.05, 3.63) is 15.8 Å². The SMILES string of the molecule is Cc1nc(N)nc(N2CCCS(=O)(=O)CC2)c1[N+](=O)[O-]. The third-order valence-electron chi connectivity index (χ3n) is 3.09. The molecule has 1 aromatic rings. The number of rotatable bonds is 2. The van der Waals surface area contributed by atoms with E-state index in [2.05, 4.69) is 9.97 Å². The third kappa shape index (κ3) is 2.95. The lowest BCUT2D eigenvalue weighted by atomic mass is 10.3. The van der Waals surface area contributed by atoms with Crippen LogP contribution in [-0.2, 0) is 9.84 Å². The Morgan fingerprint density at radius 2 is 2.00 bits per heavy atom. The molecular weight excluding hydrogens is 286 g/mol. The first-order chi connectivity index (χ1) is 9.30. The minimum Gasteiger partial charge on any atom is -0.368 e. The van der Waals surface area contributed by atoms with E-state index in [1.807, 2.05) is 0 Å². The van der Waals surface area contributed by atoms with Gasteiger partial charge in [-0.15, -0.1) is 0 Å². The highest BCUT2D eigenvalue weighted by molar-refractivity contribution is 7.91. The molecule has 0 atom stereocenters. The summed E-state index contributed by atoms with van der Waals surface area (Å²) < 4.78 is 23.2. The summed E-state index contributed by atoms with van der Waals surface area (Å²) in [5.41, 5.74) is 5.49. The maximum absolute atomic E-state index is 11.6. The zero-order valence-corrected chi connectivity index (χ0v) is 11.8. The lowest BCUT2D eigenvalue weighted by molar-refractivity contribution is -0.385. The summed E-state index contributed by atoms with van der Waals surface area (Å²) in [6, 6.07) is 0. The van der Waals surface area contributed by atoms with Crippen molar-refractivity contribution >= 4 is 27.3 Å². The molecule has 2 heterocycles. The molecule has 20 heavy (non-hydrogen) atoms. The number of nitrogens with zero attached hydrogens (tertiary/aromatic N) is 4. The van der Waals surface area contributed by atoms with Crippen molar-refractivity contribution in [1.82, 2.24) is 9.97 Å². The van der Waals surface area contributed by atoms with Crippen LogP contribution in [0.15, 0.2) is 0 Å². The van der Waals surface area contributed by atoms with E-state index < -0.39 is 14.8 Å². The smallest absolute Gasteiger partial charge is 0.332 e. The number of aromatic nitrogens is 2. The van der Waals surface area contributed by atoms with Gasteiger partial charge in [-0.1, -0.05) is 0 Å². The van der Waals surface area contributed by atoms with E-state index >= 15 is 0 Å². The van der Waals surface area contributed by atoms with Crippen LogP contribution in [0.2, 0.25) is 0 Å². The zero-order valence-electron chi connectivity index (χ0n) is 10.9. The van der Waals surface area contributed by atoms with E-state index in [0.717, 1.165) is 0 Å². The lowest BCUT2D eigenvalue weighted by Crippen LogP contribution is -2.29. The van der Waals surface area contributed by atoms with Crippen molar-refractivity contribution in [2.24, 2.45) is 0 Å². The minimum atomic E-state index is -3.10. The average Bonchev–Trinajstić information content (AvgIpc) is 2.48. The summed E-state index contributed by atoms with van der Waals surface area (Å²) in [6.07, 6.45) is 0.405. The van der Waals surface area contributed by atoms with Crippen molar-refractivity contribution in [1.29, 1.82) is 0 Å². The molecule has 0 radical (unpaired) electrons. The van der Waals surface area contributed by atoms with Crippen LogP contribution in [0.3, 0.4) is 0 Å². The third-order valence-corrected chi connectivity index (χ3v) is 4.81. The number of nitrogens with two attached hydrogens (primary N) is 1. The molecule has 0 saturated carbocycles. The van der Waals surface area contributed by atoms with E-state index in [9.17, 15) is 18.5 Å². The van der Waals surface area contributed by atoms with Crippen LogP contribution in [0.1, 0.15) is 12.1 Å². The highest BCUT2D eigenvalue weighted by Gasteiger charge is 2.28. The molecule has 0 aromatic carbocycles. The lowest BCUT2D eigenvalue weighted by Gasteiger charge is -2.20. The van der Waals surface area contributed by atoms with Gasteiger partial charge in [-0.3, -0.25) is 10.1 Å². The summed E-state index contributed by atoms with van der Waals surface area (Å²) in [5.74, 6) is 0.0662. The van der Waals surface area contributed by atoms with Crippen LogP contribution in [0.25, 0.3) is 0 Å². The van der Waals surface area contributed by atoms with Gasteiger partial charge in [0.15, 0.2) is 9.84 Å². The quantitative estimate of drug-likeness (QED) is 0.591. The normalized spacial score (nSPS) is 18.6. The van der Waals surface area contributed by atoms with Gasteiger partial charge < -0.3 is 10.6 Å². The molecule has 1 aliphatic rings. The van der Waals surface area contributed by atoms with Crippen molar-refractivity contribution in [3.8, 4) is 0 Å². The average molecular weight is 301 g/mol. The number of nitro groups is 1. The molecular formula is C10H15N5O4S. The molecule has 1 aliphatic heterocycles. The molecule has 1 aromatic heterocycles. The maximum Gasteiger partial charge on any atom is 0.332 e. The van der Waals surface area contributed by atoms with Gasteiger partial charge in [0, 0.05) is 13.1 Å². The fraction of sp³-hybridized carbons (Fsp3) is 0.600. The number of hydrogen-bond donors (Lipinski definition) is 1. The second-order valence-electron chi connectivity index (χ2n) is 4.59. The first-order valence-electron chi connectivity index (χ1n) is 6.04. The zero-order chi connectivity index (χ0) is 14.9. The van der Waals surface area contributed by atoms with Gasteiger partial charge in [0.25, 0.3) is 0 Å². The van der Waals surface area contributed by atoms with E-state index in [1.54, 1.807) is 4.90 Å². The fourth-order valence-electron chi connectivity index (χ4n) is 2.16. The molecule has 2 N–H and O–H groups in total. The van der Waals surface area contributed by atoms with E-state index in [-0.39, 0.29) is 41.2 Å². The summed E-state index contributed by atoms with van der Waals surface area (Å²) in [5, 5.41) is 11.1. The summed E-state index contributed by atoms with van der Waals surface area (Å²) in [7, 11) is -3.10. The molecule has 0 aliphatic carbocycles. The monoisotopic (exact) mass is 301 g/mol. The minimum absolute atomic E-state index is 0.0485. The Morgan fingerprint density at radius 3 is 2.65 bits per heavy atom. The highest BCUT2D eigenvalue weighted by Crippen LogP contribution is 2.30. The predicted molar refractivity (Wildman–Crippen MR) is 73.3 cm³/mol. The molecule has 110 valence electrons. The van der Waals surface area contributed by atoms with E-state index in [0.29, 0.717) is 13.0 Å². The van der Waals surface area contributed by atoms with Crippen molar-refractivity contribution in [2.45, 2.75) is 13.3 Å². The first-order valence-corrected chi connectivity index (χ1v) is 7.86. The van der Waals surface area contributed by atoms with E-state index in [1.165, 1.54) is 6.92 Å². The summed E-state index contributed by atoms with van der Waals surface area (Å²) in [4.78, 5) is 19.9. The Labute approximate surface area is 115 Å². The molecule has 1 fully saturated rings. The summed E-state index contributed by atoms with van der Waals surface area (Å²) in [6.45, 7) is 2.03. The number of anilines is 2. The van der Waals surface area contributed by atoms with Crippen molar-refractivity contribution in [2.75, 3.05) is 35.2 Å². The molecule has 2 rings (SSSR count). The maximum atomic E-state index is 11.6. The number of aryl methyl sites for hydroxylation is 1. The molecule has 0 bridgehead atoms. The van der Waals surface area contributed by atoms with Crippen LogP contribution in [0.5, 0.6) is 0 Å². The Morgan fingerprint density at radius 1 is 1.30 bits per heavy atom. The van der Waals surface area contributed by atoms with Crippen LogP contribution < -0.4 is 10.6 Å². The molecule has 10 heteroatoms. The van der Waals surface area contributed by atoms with Crippen LogP contribution in [0, 0.1) is 17.0 Å². The van der Waals surface area contributed by atoms with Gasteiger partial charge in [-0.2, -0.15) is 4.98 Å². The molecule has 0 spiro atoms. The fourth-order valence-corrected chi connectivity index (χ4v) is 3.43. The number of nitrogen functional groups attached to an aromatic ring is 1. The standard InChI is InChI=1S/C10H15N5O4S/c1-7-8(15(16)17)9(13-10(11)12-7)14-3-2-5-20(18,19)6-4-14/h2-6H2,1H3,(H2,11,12,13). The van der Waals surface area contributed by atoms with Gasteiger partial charge in [0.05, 0.1) is 16.4 Å². The second-order valence-corrected chi connectivity index (χ2v) is 6.89. The molecule has 9 nitrogen and oxygen atoms in total. The molecule has 0 unspecified atom stereocenters. The van der Waals surface area contributed by atoms with E-state index in [4.69, 9.17) is 5.73 Å². The van der Waals surface area contributed by atoms with Crippen molar-refractivity contribution < 1.29 is 13.3 Å². The Balaban J connectivity index is 2.44. The Bertz CT molecular complexity index is 645.